The van der Waals surface area contributed by atoms with Crippen LogP contribution in [0.3, 0.4) is 0 Å². The van der Waals surface area contributed by atoms with Gasteiger partial charge >= 0.3 is 0 Å². The van der Waals surface area contributed by atoms with Crippen LogP contribution in [0.15, 0.2) is 10.9 Å². The molecule has 0 bridgehead atoms. The van der Waals surface area contributed by atoms with Gasteiger partial charge in [0.15, 0.2) is 5.82 Å². The van der Waals surface area contributed by atoms with Crippen molar-refractivity contribution in [3.05, 3.63) is 12.2 Å². The summed E-state index contributed by atoms with van der Waals surface area (Å²) in [7, 11) is 0. The van der Waals surface area contributed by atoms with E-state index in [9.17, 15) is 0 Å². The maximum absolute atomic E-state index is 5.88. The van der Waals surface area contributed by atoms with Crippen molar-refractivity contribution in [3.8, 4) is 0 Å². The van der Waals surface area contributed by atoms with Gasteiger partial charge in [0.1, 0.15) is 0 Å². The Morgan fingerprint density at radius 3 is 3.21 bits per heavy atom. The van der Waals surface area contributed by atoms with Crippen molar-refractivity contribution < 1.29 is 4.52 Å². The van der Waals surface area contributed by atoms with Gasteiger partial charge < -0.3 is 10.3 Å². The number of likely N-dealkylation sites (tertiary alicyclic amines) is 1. The molecule has 0 aromatic carbocycles. The van der Waals surface area contributed by atoms with Gasteiger partial charge in [0, 0.05) is 18.6 Å². The molecule has 0 radical (unpaired) electrons. The molecular formula is C9H16N4O. The van der Waals surface area contributed by atoms with Crippen molar-refractivity contribution in [2.24, 2.45) is 5.73 Å². The van der Waals surface area contributed by atoms with Crippen LogP contribution in [0.2, 0.25) is 0 Å². The molecule has 2 atom stereocenters. The second kappa shape index (κ2) is 4.06. The minimum Gasteiger partial charge on any atom is -0.343 e. The minimum absolute atomic E-state index is 0.353. The average molecular weight is 196 g/mol. The number of aromatic nitrogens is 2. The summed E-state index contributed by atoms with van der Waals surface area (Å²) in [6, 6.07) is 0.865. The summed E-state index contributed by atoms with van der Waals surface area (Å²) in [5.41, 5.74) is 5.88. The molecule has 1 aromatic rings. The predicted molar refractivity (Wildman–Crippen MR) is 51.4 cm³/mol. The molecule has 1 aliphatic rings. The van der Waals surface area contributed by atoms with Gasteiger partial charge in [-0.3, -0.25) is 4.90 Å². The Kier molecular flexibility index (Phi) is 2.79. The summed E-state index contributed by atoms with van der Waals surface area (Å²) in [5.74, 6) is 0.757. The minimum atomic E-state index is 0.353. The molecule has 0 spiro atoms. The molecular weight excluding hydrogens is 180 g/mol. The lowest BCUT2D eigenvalue weighted by Crippen LogP contribution is -2.45. The fourth-order valence-electron chi connectivity index (χ4n) is 1.94. The lowest BCUT2D eigenvalue weighted by atomic mass is 9.99. The Hall–Kier alpha value is -0.940. The first-order valence-corrected chi connectivity index (χ1v) is 5.00. The molecule has 1 saturated heterocycles. The predicted octanol–water partition coefficient (Wildman–Crippen LogP) is 0.381. The Morgan fingerprint density at radius 2 is 2.57 bits per heavy atom. The maximum Gasteiger partial charge on any atom is 0.213 e. The van der Waals surface area contributed by atoms with E-state index < -0.39 is 0 Å². The van der Waals surface area contributed by atoms with Crippen molar-refractivity contribution in [1.82, 2.24) is 15.0 Å². The summed E-state index contributed by atoms with van der Waals surface area (Å²) in [6.45, 7) is 3.99. The summed E-state index contributed by atoms with van der Waals surface area (Å²) in [4.78, 5) is 6.35. The van der Waals surface area contributed by atoms with E-state index in [1.165, 1.54) is 6.39 Å². The van der Waals surface area contributed by atoms with Crippen LogP contribution in [-0.4, -0.2) is 33.7 Å². The summed E-state index contributed by atoms with van der Waals surface area (Å²) in [5, 5.41) is 3.80. The van der Waals surface area contributed by atoms with Gasteiger partial charge in [-0.1, -0.05) is 5.16 Å². The van der Waals surface area contributed by atoms with Gasteiger partial charge in [0.05, 0.1) is 6.54 Å². The molecule has 2 heterocycles. The molecule has 1 fully saturated rings. The SMILES string of the molecule is CC1CC(N)CCN1Cc1ncon1. The molecule has 14 heavy (non-hydrogen) atoms. The Bertz CT molecular complexity index is 274. The van der Waals surface area contributed by atoms with E-state index in [0.717, 1.165) is 31.8 Å². The Morgan fingerprint density at radius 1 is 1.71 bits per heavy atom. The van der Waals surface area contributed by atoms with E-state index >= 15 is 0 Å². The Labute approximate surface area is 83.3 Å². The van der Waals surface area contributed by atoms with Crippen LogP contribution in [0.25, 0.3) is 0 Å². The van der Waals surface area contributed by atoms with E-state index in [0.29, 0.717) is 12.1 Å². The van der Waals surface area contributed by atoms with Gasteiger partial charge in [-0.2, -0.15) is 4.98 Å². The van der Waals surface area contributed by atoms with Crippen LogP contribution >= 0.6 is 0 Å². The van der Waals surface area contributed by atoms with Crippen LogP contribution < -0.4 is 5.73 Å². The molecule has 2 rings (SSSR count). The maximum atomic E-state index is 5.88. The monoisotopic (exact) mass is 196 g/mol. The smallest absolute Gasteiger partial charge is 0.213 e. The summed E-state index contributed by atoms with van der Waals surface area (Å²) < 4.78 is 4.70. The lowest BCUT2D eigenvalue weighted by Gasteiger charge is -2.35. The molecule has 2 unspecified atom stereocenters. The zero-order chi connectivity index (χ0) is 9.97. The van der Waals surface area contributed by atoms with Crippen LogP contribution in [0.1, 0.15) is 25.6 Å². The third-order valence-corrected chi connectivity index (χ3v) is 2.81. The van der Waals surface area contributed by atoms with E-state index in [2.05, 4.69) is 22.0 Å². The third kappa shape index (κ3) is 2.10. The van der Waals surface area contributed by atoms with Crippen molar-refractivity contribution in [1.29, 1.82) is 0 Å². The first-order valence-electron chi connectivity index (χ1n) is 5.00. The fraction of sp³-hybridized carbons (Fsp3) is 0.778. The standard InChI is InChI=1S/C9H16N4O/c1-7-4-8(10)2-3-13(7)5-9-11-6-14-12-9/h6-8H,2-5,10H2,1H3. The second-order valence-corrected chi connectivity index (χ2v) is 3.95. The highest BCUT2D eigenvalue weighted by Gasteiger charge is 2.23. The van der Waals surface area contributed by atoms with Gasteiger partial charge in [-0.25, -0.2) is 0 Å². The molecule has 0 amide bonds. The number of hydrogen-bond acceptors (Lipinski definition) is 5. The van der Waals surface area contributed by atoms with Crippen molar-refractivity contribution in [2.45, 2.75) is 38.4 Å². The van der Waals surface area contributed by atoms with Crippen molar-refractivity contribution >= 4 is 0 Å². The highest BCUT2D eigenvalue weighted by molar-refractivity contribution is 4.85. The largest absolute Gasteiger partial charge is 0.343 e. The summed E-state index contributed by atoms with van der Waals surface area (Å²) in [6.07, 6.45) is 3.48. The number of rotatable bonds is 2. The second-order valence-electron chi connectivity index (χ2n) is 3.95. The molecule has 5 heteroatoms. The molecule has 0 aliphatic carbocycles. The van der Waals surface area contributed by atoms with Crippen molar-refractivity contribution in [3.63, 3.8) is 0 Å². The highest BCUT2D eigenvalue weighted by atomic mass is 16.5. The third-order valence-electron chi connectivity index (χ3n) is 2.81. The fourth-order valence-corrected chi connectivity index (χ4v) is 1.94. The molecule has 78 valence electrons. The zero-order valence-electron chi connectivity index (χ0n) is 8.39. The summed E-state index contributed by atoms with van der Waals surface area (Å²) >= 11 is 0. The topological polar surface area (TPSA) is 68.2 Å². The number of piperidine rings is 1. The van der Waals surface area contributed by atoms with E-state index in [-0.39, 0.29) is 0 Å². The normalized spacial score (nSPS) is 29.3. The van der Waals surface area contributed by atoms with Gasteiger partial charge in [-0.05, 0) is 19.8 Å². The van der Waals surface area contributed by atoms with Gasteiger partial charge in [0.25, 0.3) is 0 Å². The van der Waals surface area contributed by atoms with E-state index in [4.69, 9.17) is 10.3 Å². The van der Waals surface area contributed by atoms with Crippen LogP contribution in [-0.2, 0) is 6.54 Å². The Balaban J connectivity index is 1.92. The lowest BCUT2D eigenvalue weighted by molar-refractivity contribution is 0.135. The first-order chi connectivity index (χ1) is 6.75. The number of nitrogens with zero attached hydrogens (tertiary/aromatic N) is 3. The number of nitrogens with two attached hydrogens (primary N) is 1. The highest BCUT2D eigenvalue weighted by Crippen LogP contribution is 2.17. The molecule has 2 N–H and O–H groups in total. The van der Waals surface area contributed by atoms with E-state index in [1.807, 2.05) is 0 Å². The van der Waals surface area contributed by atoms with Gasteiger partial charge in [0.2, 0.25) is 6.39 Å². The first kappa shape index (κ1) is 9.61. The van der Waals surface area contributed by atoms with Crippen LogP contribution in [0.5, 0.6) is 0 Å². The van der Waals surface area contributed by atoms with Crippen molar-refractivity contribution in [2.75, 3.05) is 6.54 Å². The average Bonchev–Trinajstić information content (AvgIpc) is 2.62. The van der Waals surface area contributed by atoms with E-state index in [1.54, 1.807) is 0 Å². The molecule has 1 aliphatic heterocycles. The number of hydrogen-bond donors (Lipinski definition) is 1. The molecule has 0 saturated carbocycles. The van der Waals surface area contributed by atoms with Crippen LogP contribution in [0, 0.1) is 0 Å². The quantitative estimate of drug-likeness (QED) is 0.740. The van der Waals surface area contributed by atoms with Gasteiger partial charge in [-0.15, -0.1) is 0 Å². The van der Waals surface area contributed by atoms with Crippen LogP contribution in [0.4, 0.5) is 0 Å². The zero-order valence-corrected chi connectivity index (χ0v) is 8.39. The molecule has 5 nitrogen and oxygen atoms in total. The molecule has 1 aromatic heterocycles.